The quantitative estimate of drug-likeness (QED) is 0.877. The first-order valence-corrected chi connectivity index (χ1v) is 5.59. The van der Waals surface area contributed by atoms with Gasteiger partial charge in [-0.1, -0.05) is 17.7 Å². The molecule has 0 radical (unpaired) electrons. The lowest BCUT2D eigenvalue weighted by Crippen LogP contribution is -2.16. The van der Waals surface area contributed by atoms with E-state index in [0.717, 1.165) is 11.3 Å². The van der Waals surface area contributed by atoms with Crippen LogP contribution in [0, 0.1) is 12.7 Å². The average molecular weight is 233 g/mol. The minimum Gasteiger partial charge on any atom is -0.307 e. The molecular formula is C13H16FN3. The third-order valence-corrected chi connectivity index (χ3v) is 2.75. The third kappa shape index (κ3) is 2.91. The van der Waals surface area contributed by atoms with Crippen molar-refractivity contribution in [2.45, 2.75) is 20.0 Å². The Balaban J connectivity index is 1.94. The maximum atomic E-state index is 13.5. The molecule has 90 valence electrons. The minimum atomic E-state index is -0.159. The predicted octanol–water partition coefficient (Wildman–Crippen LogP) is 2.16. The summed E-state index contributed by atoms with van der Waals surface area (Å²) in [6, 6.07) is 7.10. The van der Waals surface area contributed by atoms with Crippen molar-refractivity contribution >= 4 is 0 Å². The molecule has 0 aliphatic rings. The smallest absolute Gasteiger partial charge is 0.127 e. The van der Waals surface area contributed by atoms with Crippen LogP contribution in [0.1, 0.15) is 16.8 Å². The molecule has 0 amide bonds. The normalized spacial score (nSPS) is 10.8. The van der Waals surface area contributed by atoms with Gasteiger partial charge in [0.2, 0.25) is 0 Å². The summed E-state index contributed by atoms with van der Waals surface area (Å²) in [6.45, 7) is 3.17. The fraction of sp³-hybridized carbons (Fsp3) is 0.308. The lowest BCUT2D eigenvalue weighted by atomic mass is 10.1. The summed E-state index contributed by atoms with van der Waals surface area (Å²) in [5.74, 6) is -0.159. The van der Waals surface area contributed by atoms with Gasteiger partial charge in [0.1, 0.15) is 5.82 Å². The van der Waals surface area contributed by atoms with Crippen LogP contribution >= 0.6 is 0 Å². The summed E-state index contributed by atoms with van der Waals surface area (Å²) >= 11 is 0. The van der Waals surface area contributed by atoms with Gasteiger partial charge >= 0.3 is 0 Å². The van der Waals surface area contributed by atoms with Gasteiger partial charge in [-0.2, -0.15) is 5.10 Å². The molecule has 0 fully saturated rings. The molecule has 1 aromatic carbocycles. The summed E-state index contributed by atoms with van der Waals surface area (Å²) in [5.41, 5.74) is 2.86. The lowest BCUT2D eigenvalue weighted by Gasteiger charge is -2.07. The van der Waals surface area contributed by atoms with Crippen LogP contribution in [-0.4, -0.2) is 9.78 Å². The van der Waals surface area contributed by atoms with Gasteiger partial charge in [-0.05, 0) is 19.1 Å². The number of halogens is 1. The largest absolute Gasteiger partial charge is 0.307 e. The van der Waals surface area contributed by atoms with Gasteiger partial charge in [0, 0.05) is 31.9 Å². The third-order valence-electron chi connectivity index (χ3n) is 2.75. The SMILES string of the molecule is Cc1ccc(F)c(CNCc2ccnn2C)c1. The fourth-order valence-corrected chi connectivity index (χ4v) is 1.74. The Kier molecular flexibility index (Phi) is 3.54. The van der Waals surface area contributed by atoms with Crippen LogP contribution in [0.15, 0.2) is 30.5 Å². The zero-order valence-electron chi connectivity index (χ0n) is 10.1. The van der Waals surface area contributed by atoms with Crippen LogP contribution in [0.3, 0.4) is 0 Å². The molecule has 0 aliphatic carbocycles. The van der Waals surface area contributed by atoms with E-state index >= 15 is 0 Å². The number of aromatic nitrogens is 2. The number of aryl methyl sites for hydroxylation is 2. The molecule has 1 heterocycles. The van der Waals surface area contributed by atoms with E-state index in [2.05, 4.69) is 10.4 Å². The van der Waals surface area contributed by atoms with Crippen molar-refractivity contribution in [2.75, 3.05) is 0 Å². The zero-order valence-corrected chi connectivity index (χ0v) is 10.1. The van der Waals surface area contributed by atoms with Crippen LogP contribution in [0.4, 0.5) is 4.39 Å². The van der Waals surface area contributed by atoms with Crippen molar-refractivity contribution in [3.05, 3.63) is 53.1 Å². The summed E-state index contributed by atoms with van der Waals surface area (Å²) in [7, 11) is 1.89. The summed E-state index contributed by atoms with van der Waals surface area (Å²) in [4.78, 5) is 0. The topological polar surface area (TPSA) is 29.9 Å². The highest BCUT2D eigenvalue weighted by atomic mass is 19.1. The highest BCUT2D eigenvalue weighted by Gasteiger charge is 2.03. The van der Waals surface area contributed by atoms with Gasteiger partial charge in [0.15, 0.2) is 0 Å². The van der Waals surface area contributed by atoms with Gasteiger partial charge in [-0.25, -0.2) is 4.39 Å². The van der Waals surface area contributed by atoms with Gasteiger partial charge in [-0.15, -0.1) is 0 Å². The lowest BCUT2D eigenvalue weighted by molar-refractivity contribution is 0.576. The number of rotatable bonds is 4. The number of nitrogens with zero attached hydrogens (tertiary/aromatic N) is 2. The Morgan fingerprint density at radius 1 is 1.29 bits per heavy atom. The van der Waals surface area contributed by atoms with Crippen LogP contribution in [0.25, 0.3) is 0 Å². The molecule has 1 N–H and O–H groups in total. The molecule has 4 heteroatoms. The van der Waals surface area contributed by atoms with Gasteiger partial charge in [0.25, 0.3) is 0 Å². The minimum absolute atomic E-state index is 0.159. The van der Waals surface area contributed by atoms with E-state index in [1.807, 2.05) is 26.1 Å². The Bertz CT molecular complexity index is 505. The molecule has 3 nitrogen and oxygen atoms in total. The zero-order chi connectivity index (χ0) is 12.3. The first kappa shape index (κ1) is 11.8. The standard InChI is InChI=1S/C13H16FN3/c1-10-3-4-13(14)11(7-10)8-15-9-12-5-6-16-17(12)2/h3-7,15H,8-9H2,1-2H3. The monoisotopic (exact) mass is 233 g/mol. The fourth-order valence-electron chi connectivity index (χ4n) is 1.74. The molecule has 2 rings (SSSR count). The van der Waals surface area contributed by atoms with E-state index in [9.17, 15) is 4.39 Å². The van der Waals surface area contributed by atoms with Crippen LogP contribution in [0.2, 0.25) is 0 Å². The predicted molar refractivity (Wildman–Crippen MR) is 64.9 cm³/mol. The highest BCUT2D eigenvalue weighted by Crippen LogP contribution is 2.09. The Hall–Kier alpha value is -1.68. The Morgan fingerprint density at radius 2 is 2.12 bits per heavy atom. The molecule has 0 aliphatic heterocycles. The number of benzene rings is 1. The van der Waals surface area contributed by atoms with Crippen LogP contribution in [-0.2, 0) is 20.1 Å². The van der Waals surface area contributed by atoms with Gasteiger partial charge in [0.05, 0.1) is 5.69 Å². The van der Waals surface area contributed by atoms with Gasteiger partial charge in [-0.3, -0.25) is 4.68 Å². The van der Waals surface area contributed by atoms with Crippen LogP contribution < -0.4 is 5.32 Å². The number of hydrogen-bond acceptors (Lipinski definition) is 2. The molecule has 17 heavy (non-hydrogen) atoms. The number of hydrogen-bond donors (Lipinski definition) is 1. The highest BCUT2D eigenvalue weighted by molar-refractivity contribution is 5.23. The summed E-state index contributed by atoms with van der Waals surface area (Å²) < 4.78 is 15.3. The van der Waals surface area contributed by atoms with E-state index in [1.54, 1.807) is 16.9 Å². The second-order valence-electron chi connectivity index (χ2n) is 4.14. The van der Waals surface area contributed by atoms with E-state index in [1.165, 1.54) is 6.07 Å². The molecular weight excluding hydrogens is 217 g/mol. The van der Waals surface area contributed by atoms with Crippen molar-refractivity contribution in [3.8, 4) is 0 Å². The van der Waals surface area contributed by atoms with Crippen molar-refractivity contribution < 1.29 is 4.39 Å². The van der Waals surface area contributed by atoms with Crippen LogP contribution in [0.5, 0.6) is 0 Å². The second kappa shape index (κ2) is 5.10. The summed E-state index contributed by atoms with van der Waals surface area (Å²) in [5, 5.41) is 7.29. The molecule has 0 spiro atoms. The van der Waals surface area contributed by atoms with E-state index in [-0.39, 0.29) is 5.82 Å². The van der Waals surface area contributed by atoms with Crippen molar-refractivity contribution in [3.63, 3.8) is 0 Å². The van der Waals surface area contributed by atoms with Crippen molar-refractivity contribution in [1.29, 1.82) is 0 Å². The molecule has 0 atom stereocenters. The number of nitrogens with one attached hydrogen (secondary N) is 1. The Morgan fingerprint density at radius 3 is 2.82 bits per heavy atom. The van der Waals surface area contributed by atoms with Crippen molar-refractivity contribution in [2.24, 2.45) is 7.05 Å². The van der Waals surface area contributed by atoms with E-state index in [0.29, 0.717) is 18.7 Å². The van der Waals surface area contributed by atoms with E-state index in [4.69, 9.17) is 0 Å². The molecule has 1 aromatic heterocycles. The first-order chi connectivity index (χ1) is 8.16. The molecule has 0 unspecified atom stereocenters. The summed E-state index contributed by atoms with van der Waals surface area (Å²) in [6.07, 6.45) is 1.75. The average Bonchev–Trinajstić information content (AvgIpc) is 2.70. The maximum Gasteiger partial charge on any atom is 0.127 e. The molecule has 0 saturated heterocycles. The first-order valence-electron chi connectivity index (χ1n) is 5.59. The molecule has 2 aromatic rings. The Labute approximate surface area is 100 Å². The van der Waals surface area contributed by atoms with Crippen molar-refractivity contribution in [1.82, 2.24) is 15.1 Å². The second-order valence-corrected chi connectivity index (χ2v) is 4.14. The van der Waals surface area contributed by atoms with E-state index < -0.39 is 0 Å². The maximum absolute atomic E-state index is 13.5. The molecule has 0 saturated carbocycles. The molecule has 0 bridgehead atoms. The van der Waals surface area contributed by atoms with Gasteiger partial charge < -0.3 is 5.32 Å².